The normalized spacial score (nSPS) is 11.4. The van der Waals surface area contributed by atoms with Gasteiger partial charge in [-0.2, -0.15) is 0 Å². The fraction of sp³-hybridized carbons (Fsp3) is 0.769. The van der Waals surface area contributed by atoms with Gasteiger partial charge >= 0.3 is 8.97 Å². The molecular weight excluding hydrogens is 296 g/mol. The highest BCUT2D eigenvalue weighted by atomic mass is 35.5. The lowest BCUT2D eigenvalue weighted by Crippen LogP contribution is -3.00. The van der Waals surface area contributed by atoms with Gasteiger partial charge in [-0.1, -0.05) is 6.92 Å². The topological polar surface area (TPSA) is 36.5 Å². The van der Waals surface area contributed by atoms with Crippen molar-refractivity contribution in [3.05, 3.63) is 18.2 Å². The summed E-state index contributed by atoms with van der Waals surface area (Å²) in [5.74, 6) is 1.18. The van der Waals surface area contributed by atoms with Crippen molar-refractivity contribution in [2.24, 2.45) is 7.05 Å². The van der Waals surface area contributed by atoms with Crippen molar-refractivity contribution >= 4 is 8.97 Å². The summed E-state index contributed by atoms with van der Waals surface area (Å²) in [7, 11) is -0.791. The zero-order valence-electron chi connectivity index (χ0n) is 13.2. The molecule has 1 aromatic heterocycles. The molecule has 0 atom stereocenters. The molecule has 5 nitrogen and oxygen atoms in total. The monoisotopic (exact) mass is 322 g/mol. The van der Waals surface area contributed by atoms with E-state index in [0.29, 0.717) is 19.8 Å². The van der Waals surface area contributed by atoms with Crippen LogP contribution < -0.4 is 17.0 Å². The largest absolute Gasteiger partial charge is 1.00 e. The third kappa shape index (κ3) is 4.29. The molecule has 0 saturated heterocycles. The quantitative estimate of drug-likeness (QED) is 0.417. The molecule has 0 aliphatic heterocycles. The van der Waals surface area contributed by atoms with E-state index in [2.05, 4.69) is 15.7 Å². The van der Waals surface area contributed by atoms with E-state index in [9.17, 15) is 0 Å². The molecule has 0 fully saturated rings. The standard InChI is InChI=1S/C13H27N2O3Si.ClH/c1-6-10-13-14(5)11-12-15(13)19(16-7-2,17-8-3)18-9-4;/h11-12H,6-10H2,1-5H3;1H/q+1;/p-1. The van der Waals surface area contributed by atoms with Gasteiger partial charge in [-0.15, -0.1) is 0 Å². The van der Waals surface area contributed by atoms with E-state index in [0.717, 1.165) is 12.8 Å². The second kappa shape index (κ2) is 9.52. The Kier molecular flexibility index (Phi) is 9.33. The number of halogens is 1. The van der Waals surface area contributed by atoms with Gasteiger partial charge in [-0.05, 0) is 27.2 Å². The van der Waals surface area contributed by atoms with Gasteiger partial charge < -0.3 is 25.7 Å². The Morgan fingerprint density at radius 3 is 1.95 bits per heavy atom. The van der Waals surface area contributed by atoms with Crippen molar-refractivity contribution in [3.63, 3.8) is 0 Å². The molecule has 0 spiro atoms. The summed E-state index contributed by atoms with van der Waals surface area (Å²) in [4.78, 5) is 0. The molecule has 7 heteroatoms. The first-order valence-electron chi connectivity index (χ1n) is 7.13. The van der Waals surface area contributed by atoms with Crippen LogP contribution in [0.3, 0.4) is 0 Å². The van der Waals surface area contributed by atoms with E-state index in [4.69, 9.17) is 13.3 Å². The number of imidazole rings is 1. The predicted molar refractivity (Wildman–Crippen MR) is 75.6 cm³/mol. The molecule has 0 saturated carbocycles. The molecule has 0 amide bonds. The van der Waals surface area contributed by atoms with Crippen LogP contribution in [0.25, 0.3) is 0 Å². The molecule has 0 radical (unpaired) electrons. The number of rotatable bonds is 9. The van der Waals surface area contributed by atoms with Gasteiger partial charge in [-0.25, -0.2) is 8.80 Å². The van der Waals surface area contributed by atoms with Crippen LogP contribution in [0.4, 0.5) is 0 Å². The number of nitrogens with zero attached hydrogens (tertiary/aromatic N) is 2. The minimum absolute atomic E-state index is 0. The van der Waals surface area contributed by atoms with Gasteiger partial charge in [0.05, 0.1) is 7.05 Å². The number of aromatic nitrogens is 2. The number of hydrogen-bond donors (Lipinski definition) is 0. The molecule has 1 aromatic rings. The summed E-state index contributed by atoms with van der Waals surface area (Å²) in [6.07, 6.45) is 6.10. The highest BCUT2D eigenvalue weighted by Gasteiger charge is 2.54. The Hall–Kier alpha value is -0.403. The SMILES string of the molecule is CCCc1n([Si](OCC)(OCC)OCC)cc[n+]1C.[Cl-]. The lowest BCUT2D eigenvalue weighted by Gasteiger charge is -2.24. The summed E-state index contributed by atoms with van der Waals surface area (Å²) in [6.45, 7) is 9.84. The lowest BCUT2D eigenvalue weighted by molar-refractivity contribution is -0.678. The Bertz CT molecular complexity index is 371. The summed E-state index contributed by atoms with van der Waals surface area (Å²) >= 11 is 0. The van der Waals surface area contributed by atoms with E-state index in [1.807, 2.05) is 40.2 Å². The second-order valence-electron chi connectivity index (χ2n) is 4.27. The molecule has 20 heavy (non-hydrogen) atoms. The van der Waals surface area contributed by atoms with Crippen LogP contribution in [-0.2, 0) is 26.7 Å². The molecule has 1 rings (SSSR count). The molecule has 0 N–H and O–H groups in total. The molecule has 0 bridgehead atoms. The van der Waals surface area contributed by atoms with Crippen molar-refractivity contribution in [3.8, 4) is 0 Å². The highest BCUT2D eigenvalue weighted by Crippen LogP contribution is 2.16. The number of hydrogen-bond acceptors (Lipinski definition) is 3. The zero-order valence-corrected chi connectivity index (χ0v) is 14.9. The summed E-state index contributed by atoms with van der Waals surface area (Å²) in [5, 5.41) is 0. The average Bonchev–Trinajstić information content (AvgIpc) is 2.73. The molecule has 0 aliphatic rings. The zero-order chi connectivity index (χ0) is 14.3. The minimum atomic E-state index is -2.84. The van der Waals surface area contributed by atoms with Gasteiger partial charge in [0.25, 0.3) is 0 Å². The van der Waals surface area contributed by atoms with E-state index >= 15 is 0 Å². The first kappa shape index (κ1) is 19.6. The van der Waals surface area contributed by atoms with Crippen LogP contribution in [0.1, 0.15) is 39.9 Å². The van der Waals surface area contributed by atoms with Crippen molar-refractivity contribution in [1.82, 2.24) is 4.23 Å². The van der Waals surface area contributed by atoms with E-state index in [1.54, 1.807) is 0 Å². The van der Waals surface area contributed by atoms with Crippen LogP contribution in [0.15, 0.2) is 12.4 Å². The van der Waals surface area contributed by atoms with Crippen molar-refractivity contribution < 1.29 is 30.3 Å². The summed E-state index contributed by atoms with van der Waals surface area (Å²) in [5.41, 5.74) is 0. The van der Waals surface area contributed by atoms with Crippen LogP contribution >= 0.6 is 0 Å². The Morgan fingerprint density at radius 2 is 1.55 bits per heavy atom. The molecule has 0 aromatic carbocycles. The van der Waals surface area contributed by atoms with E-state index in [-0.39, 0.29) is 12.4 Å². The van der Waals surface area contributed by atoms with Gasteiger partial charge in [0.15, 0.2) is 0 Å². The molecule has 0 aliphatic carbocycles. The first-order chi connectivity index (χ1) is 9.15. The van der Waals surface area contributed by atoms with E-state index in [1.165, 1.54) is 5.82 Å². The molecule has 0 unspecified atom stereocenters. The first-order valence-corrected chi connectivity index (χ1v) is 8.80. The molecule has 118 valence electrons. The van der Waals surface area contributed by atoms with Crippen LogP contribution in [0, 0.1) is 0 Å². The third-order valence-corrected chi connectivity index (χ3v) is 5.83. The predicted octanol–water partition coefficient (Wildman–Crippen LogP) is -1.34. The van der Waals surface area contributed by atoms with Gasteiger partial charge in [0, 0.05) is 26.2 Å². The molecular formula is C13H27ClN2O3Si. The summed E-state index contributed by atoms with van der Waals surface area (Å²) in [6, 6.07) is 0. The Labute approximate surface area is 129 Å². The van der Waals surface area contributed by atoms with E-state index < -0.39 is 8.97 Å². The highest BCUT2D eigenvalue weighted by molar-refractivity contribution is 6.59. The minimum Gasteiger partial charge on any atom is -1.00 e. The van der Waals surface area contributed by atoms with Crippen molar-refractivity contribution in [1.29, 1.82) is 0 Å². The van der Waals surface area contributed by atoms with Gasteiger partial charge in [0.1, 0.15) is 12.4 Å². The maximum atomic E-state index is 5.94. The maximum absolute atomic E-state index is 5.94. The van der Waals surface area contributed by atoms with Crippen molar-refractivity contribution in [2.75, 3.05) is 19.8 Å². The fourth-order valence-corrected chi connectivity index (χ4v) is 4.76. The van der Waals surface area contributed by atoms with Crippen LogP contribution in [-0.4, -0.2) is 33.0 Å². The maximum Gasteiger partial charge on any atom is 0.757 e. The fourth-order valence-electron chi connectivity index (χ4n) is 2.16. The second-order valence-corrected chi connectivity index (χ2v) is 6.66. The van der Waals surface area contributed by atoms with Crippen LogP contribution in [0.5, 0.6) is 0 Å². The lowest BCUT2D eigenvalue weighted by atomic mass is 10.3. The van der Waals surface area contributed by atoms with Crippen molar-refractivity contribution in [2.45, 2.75) is 40.5 Å². The smallest absolute Gasteiger partial charge is 0.757 e. The third-order valence-electron chi connectivity index (χ3n) is 2.87. The van der Waals surface area contributed by atoms with Gasteiger partial charge in [-0.3, -0.25) is 0 Å². The Balaban J connectivity index is 0.00000361. The number of aryl methyl sites for hydroxylation is 1. The van der Waals surface area contributed by atoms with Crippen LogP contribution in [0.2, 0.25) is 0 Å². The average molecular weight is 323 g/mol. The molecule has 1 heterocycles. The summed E-state index contributed by atoms with van der Waals surface area (Å²) < 4.78 is 22.0. The van der Waals surface area contributed by atoms with Gasteiger partial charge in [0.2, 0.25) is 5.82 Å². The Morgan fingerprint density at radius 1 is 1.05 bits per heavy atom.